The highest BCUT2D eigenvalue weighted by Crippen LogP contribution is 2.14. The predicted molar refractivity (Wildman–Crippen MR) is 36.5 cm³/mol. The molecule has 1 rings (SSSR count). The molecule has 1 fully saturated rings. The first-order valence-corrected chi connectivity index (χ1v) is 3.48. The molecule has 0 N–H and O–H groups in total. The molecule has 1 amide bonds. The van der Waals surface area contributed by atoms with E-state index in [4.69, 9.17) is 0 Å². The lowest BCUT2D eigenvalue weighted by Gasteiger charge is -2.17. The van der Waals surface area contributed by atoms with Gasteiger partial charge in [0.2, 0.25) is 5.91 Å². The van der Waals surface area contributed by atoms with Crippen LogP contribution < -0.4 is 0 Å². The van der Waals surface area contributed by atoms with Gasteiger partial charge in [-0.05, 0) is 12.8 Å². The molecule has 1 aliphatic rings. The summed E-state index contributed by atoms with van der Waals surface area (Å²) in [5.41, 5.74) is 0. The van der Waals surface area contributed by atoms with Gasteiger partial charge in [-0.25, -0.2) is 0 Å². The van der Waals surface area contributed by atoms with Crippen LogP contribution >= 0.6 is 0 Å². The van der Waals surface area contributed by atoms with Gasteiger partial charge in [-0.1, -0.05) is 0 Å². The molecular formula is C7H11NO2. The lowest BCUT2D eigenvalue weighted by atomic mass is 10.2. The Bertz CT molecular complexity index is 156. The van der Waals surface area contributed by atoms with E-state index in [-0.39, 0.29) is 11.9 Å². The Labute approximate surface area is 60.0 Å². The second-order valence-corrected chi connectivity index (χ2v) is 2.56. The molecule has 3 nitrogen and oxygen atoms in total. The van der Waals surface area contributed by atoms with E-state index in [1.54, 1.807) is 4.90 Å². The van der Waals surface area contributed by atoms with Crippen molar-refractivity contribution in [3.63, 3.8) is 0 Å². The summed E-state index contributed by atoms with van der Waals surface area (Å²) in [4.78, 5) is 22.7. The van der Waals surface area contributed by atoms with Gasteiger partial charge in [0.1, 0.15) is 6.29 Å². The Morgan fingerprint density at radius 1 is 1.70 bits per heavy atom. The molecule has 0 aromatic rings. The molecule has 0 spiro atoms. The van der Waals surface area contributed by atoms with E-state index in [2.05, 4.69) is 0 Å². The number of amides is 1. The molecule has 1 aliphatic heterocycles. The summed E-state index contributed by atoms with van der Waals surface area (Å²) in [6, 6.07) is -0.141. The molecule has 1 unspecified atom stereocenters. The van der Waals surface area contributed by atoms with Crippen LogP contribution in [-0.4, -0.2) is 29.7 Å². The Morgan fingerprint density at radius 3 is 2.80 bits per heavy atom. The van der Waals surface area contributed by atoms with E-state index >= 15 is 0 Å². The minimum Gasteiger partial charge on any atom is -0.333 e. The average molecular weight is 141 g/mol. The van der Waals surface area contributed by atoms with Gasteiger partial charge < -0.3 is 9.69 Å². The molecule has 0 aromatic heterocycles. The standard InChI is InChI=1S/C7H11NO2/c1-6(10)8-4-2-3-7(8)5-9/h5,7H,2-4H2,1H3. The minimum atomic E-state index is -0.141. The first kappa shape index (κ1) is 7.25. The summed E-state index contributed by atoms with van der Waals surface area (Å²) in [6.07, 6.45) is 2.65. The highest BCUT2D eigenvalue weighted by molar-refractivity contribution is 5.78. The maximum atomic E-state index is 10.8. The second-order valence-electron chi connectivity index (χ2n) is 2.56. The number of rotatable bonds is 1. The predicted octanol–water partition coefficient (Wildman–Crippen LogP) is 0.196. The van der Waals surface area contributed by atoms with Crippen molar-refractivity contribution in [3.05, 3.63) is 0 Å². The molecule has 0 radical (unpaired) electrons. The van der Waals surface area contributed by atoms with E-state index < -0.39 is 0 Å². The third-order valence-corrected chi connectivity index (χ3v) is 1.86. The molecule has 56 valence electrons. The SMILES string of the molecule is CC(=O)N1CCCC1C=O. The Hall–Kier alpha value is -0.860. The molecule has 1 heterocycles. The van der Waals surface area contributed by atoms with Gasteiger partial charge in [0, 0.05) is 13.5 Å². The van der Waals surface area contributed by atoms with Crippen LogP contribution in [0.2, 0.25) is 0 Å². The van der Waals surface area contributed by atoms with Gasteiger partial charge in [-0.3, -0.25) is 4.79 Å². The van der Waals surface area contributed by atoms with Crippen molar-refractivity contribution in [2.45, 2.75) is 25.8 Å². The molecule has 0 aliphatic carbocycles. The normalized spacial score (nSPS) is 24.9. The number of hydrogen-bond donors (Lipinski definition) is 0. The summed E-state index contributed by atoms with van der Waals surface area (Å²) < 4.78 is 0. The molecule has 1 atom stereocenters. The number of aldehydes is 1. The largest absolute Gasteiger partial charge is 0.333 e. The van der Waals surface area contributed by atoms with Crippen molar-refractivity contribution in [3.8, 4) is 0 Å². The van der Waals surface area contributed by atoms with Crippen molar-refractivity contribution in [2.75, 3.05) is 6.54 Å². The quantitative estimate of drug-likeness (QED) is 0.489. The van der Waals surface area contributed by atoms with Gasteiger partial charge in [0.15, 0.2) is 0 Å². The van der Waals surface area contributed by atoms with Crippen LogP contribution in [0.4, 0.5) is 0 Å². The lowest BCUT2D eigenvalue weighted by Crippen LogP contribution is -2.34. The highest BCUT2D eigenvalue weighted by Gasteiger charge is 2.25. The number of carbonyl (C=O) groups excluding carboxylic acids is 2. The Morgan fingerprint density at radius 2 is 2.40 bits per heavy atom. The molecular weight excluding hydrogens is 130 g/mol. The van der Waals surface area contributed by atoms with Crippen LogP contribution in [0.3, 0.4) is 0 Å². The number of likely N-dealkylation sites (tertiary alicyclic amines) is 1. The summed E-state index contributed by atoms with van der Waals surface area (Å²) in [7, 11) is 0. The van der Waals surface area contributed by atoms with Crippen molar-refractivity contribution < 1.29 is 9.59 Å². The van der Waals surface area contributed by atoms with Crippen LogP contribution in [0.25, 0.3) is 0 Å². The summed E-state index contributed by atoms with van der Waals surface area (Å²) in [5.74, 6) is 0.00889. The molecule has 0 saturated carbocycles. The van der Waals surface area contributed by atoms with Crippen molar-refractivity contribution in [2.24, 2.45) is 0 Å². The van der Waals surface area contributed by atoms with E-state index in [0.29, 0.717) is 0 Å². The molecule has 0 bridgehead atoms. The smallest absolute Gasteiger partial charge is 0.220 e. The zero-order valence-electron chi connectivity index (χ0n) is 6.04. The van der Waals surface area contributed by atoms with Crippen LogP contribution in [0.5, 0.6) is 0 Å². The summed E-state index contributed by atoms with van der Waals surface area (Å²) in [5, 5.41) is 0. The summed E-state index contributed by atoms with van der Waals surface area (Å²) in [6.45, 7) is 2.25. The first-order valence-electron chi connectivity index (χ1n) is 3.48. The zero-order valence-corrected chi connectivity index (χ0v) is 6.04. The van der Waals surface area contributed by atoms with Crippen LogP contribution in [0.15, 0.2) is 0 Å². The molecule has 3 heteroatoms. The lowest BCUT2D eigenvalue weighted by molar-refractivity contribution is -0.132. The number of carbonyl (C=O) groups is 2. The van der Waals surface area contributed by atoms with E-state index in [0.717, 1.165) is 25.7 Å². The van der Waals surface area contributed by atoms with E-state index in [1.165, 1.54) is 6.92 Å². The minimum absolute atomic E-state index is 0.00889. The Balaban J connectivity index is 2.58. The zero-order chi connectivity index (χ0) is 7.56. The van der Waals surface area contributed by atoms with Gasteiger partial charge in [-0.15, -0.1) is 0 Å². The summed E-state index contributed by atoms with van der Waals surface area (Å²) >= 11 is 0. The fraction of sp³-hybridized carbons (Fsp3) is 0.714. The fourth-order valence-electron chi connectivity index (χ4n) is 1.32. The van der Waals surface area contributed by atoms with Crippen LogP contribution in [0.1, 0.15) is 19.8 Å². The maximum absolute atomic E-state index is 10.8. The number of nitrogens with zero attached hydrogens (tertiary/aromatic N) is 1. The highest BCUT2D eigenvalue weighted by atomic mass is 16.2. The third-order valence-electron chi connectivity index (χ3n) is 1.86. The number of hydrogen-bond acceptors (Lipinski definition) is 2. The van der Waals surface area contributed by atoms with Crippen LogP contribution in [0, 0.1) is 0 Å². The van der Waals surface area contributed by atoms with Gasteiger partial charge in [0.05, 0.1) is 6.04 Å². The van der Waals surface area contributed by atoms with Crippen molar-refractivity contribution in [1.29, 1.82) is 0 Å². The monoisotopic (exact) mass is 141 g/mol. The molecule has 1 saturated heterocycles. The van der Waals surface area contributed by atoms with Crippen LogP contribution in [-0.2, 0) is 9.59 Å². The third kappa shape index (κ3) is 1.17. The first-order chi connectivity index (χ1) is 4.75. The molecule has 10 heavy (non-hydrogen) atoms. The fourth-order valence-corrected chi connectivity index (χ4v) is 1.32. The van der Waals surface area contributed by atoms with E-state index in [9.17, 15) is 9.59 Å². The van der Waals surface area contributed by atoms with Gasteiger partial charge in [0.25, 0.3) is 0 Å². The second kappa shape index (κ2) is 2.82. The maximum Gasteiger partial charge on any atom is 0.220 e. The van der Waals surface area contributed by atoms with E-state index in [1.807, 2.05) is 0 Å². The van der Waals surface area contributed by atoms with Crippen molar-refractivity contribution >= 4 is 12.2 Å². The van der Waals surface area contributed by atoms with Crippen molar-refractivity contribution in [1.82, 2.24) is 4.90 Å². The average Bonchev–Trinajstić information content (AvgIpc) is 2.33. The van der Waals surface area contributed by atoms with Gasteiger partial charge >= 0.3 is 0 Å². The molecule has 0 aromatic carbocycles. The topological polar surface area (TPSA) is 37.4 Å². The Kier molecular flexibility index (Phi) is 2.04. The van der Waals surface area contributed by atoms with Gasteiger partial charge in [-0.2, -0.15) is 0 Å².